The molecule has 0 bridgehead atoms. The molecule has 1 aliphatic rings. The number of benzene rings is 1. The molecule has 148 valence electrons. The first-order valence-corrected chi connectivity index (χ1v) is 9.10. The summed E-state index contributed by atoms with van der Waals surface area (Å²) in [7, 11) is 0. The quantitative estimate of drug-likeness (QED) is 0.704. The predicted molar refractivity (Wildman–Crippen MR) is 99.0 cm³/mol. The highest BCUT2D eigenvalue weighted by Crippen LogP contribution is 2.28. The van der Waals surface area contributed by atoms with Crippen LogP contribution in [-0.2, 0) is 0 Å². The summed E-state index contributed by atoms with van der Waals surface area (Å²) < 4.78 is 43.1. The fourth-order valence-corrected chi connectivity index (χ4v) is 3.47. The number of nitrogens with two attached hydrogens (primary N) is 1. The van der Waals surface area contributed by atoms with Crippen molar-refractivity contribution in [2.45, 2.75) is 44.1 Å². The van der Waals surface area contributed by atoms with Gasteiger partial charge in [-0.25, -0.2) is 9.50 Å². The maximum atomic E-state index is 12.5. The third-order valence-corrected chi connectivity index (χ3v) is 4.85. The lowest BCUT2D eigenvalue weighted by atomic mass is 9.92. The number of hydrogen-bond donors (Lipinski definition) is 2. The Bertz CT molecular complexity index is 964. The molecular weight excluding hydrogens is 371 g/mol. The van der Waals surface area contributed by atoms with Gasteiger partial charge in [-0.3, -0.25) is 0 Å². The molecule has 0 radical (unpaired) electrons. The van der Waals surface area contributed by atoms with Crippen LogP contribution in [0.3, 0.4) is 0 Å². The van der Waals surface area contributed by atoms with Gasteiger partial charge < -0.3 is 15.8 Å². The van der Waals surface area contributed by atoms with E-state index >= 15 is 0 Å². The van der Waals surface area contributed by atoms with Crippen molar-refractivity contribution in [3.63, 3.8) is 0 Å². The van der Waals surface area contributed by atoms with Crippen LogP contribution in [0.5, 0.6) is 5.75 Å². The van der Waals surface area contributed by atoms with Gasteiger partial charge in [-0.1, -0.05) is 12.1 Å². The Balaban J connectivity index is 1.61. The van der Waals surface area contributed by atoms with E-state index < -0.39 is 6.36 Å². The van der Waals surface area contributed by atoms with E-state index in [9.17, 15) is 13.2 Å². The van der Waals surface area contributed by atoms with Crippen LogP contribution in [0.15, 0.2) is 42.6 Å². The van der Waals surface area contributed by atoms with Crippen LogP contribution < -0.4 is 15.8 Å². The van der Waals surface area contributed by atoms with Gasteiger partial charge in [-0.2, -0.15) is 0 Å². The summed E-state index contributed by atoms with van der Waals surface area (Å²) in [5, 5.41) is 7.99. The minimum atomic E-state index is -4.74. The second-order valence-corrected chi connectivity index (χ2v) is 6.96. The van der Waals surface area contributed by atoms with Gasteiger partial charge in [-0.15, -0.1) is 18.3 Å². The Hall–Kier alpha value is -2.81. The molecule has 28 heavy (non-hydrogen) atoms. The Morgan fingerprint density at radius 1 is 1.11 bits per heavy atom. The topological polar surface area (TPSA) is 77.5 Å². The van der Waals surface area contributed by atoms with E-state index in [1.54, 1.807) is 16.8 Å². The normalized spacial score (nSPS) is 20.3. The van der Waals surface area contributed by atoms with E-state index in [-0.39, 0.29) is 11.8 Å². The van der Waals surface area contributed by atoms with Crippen LogP contribution in [0.2, 0.25) is 0 Å². The second kappa shape index (κ2) is 7.31. The first kappa shape index (κ1) is 18.5. The minimum absolute atomic E-state index is 0.264. The number of imidazole rings is 1. The summed E-state index contributed by atoms with van der Waals surface area (Å²) in [6.07, 6.45) is 0.752. The molecule has 1 fully saturated rings. The molecule has 1 saturated carbocycles. The maximum absolute atomic E-state index is 12.5. The first-order valence-electron chi connectivity index (χ1n) is 9.10. The van der Waals surface area contributed by atoms with Crippen LogP contribution in [0.25, 0.3) is 16.9 Å². The minimum Gasteiger partial charge on any atom is -0.406 e. The van der Waals surface area contributed by atoms with Gasteiger partial charge in [-0.05, 0) is 49.9 Å². The van der Waals surface area contributed by atoms with Crippen LogP contribution >= 0.6 is 0 Å². The van der Waals surface area contributed by atoms with Crippen LogP contribution in [-0.4, -0.2) is 33.0 Å². The number of fused-ring (bicyclic) bond motifs is 1. The Labute approximate surface area is 159 Å². The van der Waals surface area contributed by atoms with Crippen molar-refractivity contribution in [3.8, 4) is 17.0 Å². The average Bonchev–Trinajstić information content (AvgIpc) is 3.06. The van der Waals surface area contributed by atoms with Gasteiger partial charge in [0, 0.05) is 17.6 Å². The molecule has 3 N–H and O–H groups in total. The molecule has 6 nitrogen and oxygen atoms in total. The van der Waals surface area contributed by atoms with Crippen molar-refractivity contribution in [2.75, 3.05) is 5.32 Å². The third-order valence-electron chi connectivity index (χ3n) is 4.85. The van der Waals surface area contributed by atoms with Crippen molar-refractivity contribution in [3.05, 3.63) is 42.6 Å². The van der Waals surface area contributed by atoms with Gasteiger partial charge >= 0.3 is 6.36 Å². The molecule has 0 atom stereocenters. The molecule has 0 aliphatic heterocycles. The van der Waals surface area contributed by atoms with Crippen LogP contribution in [0.4, 0.5) is 19.0 Å². The summed E-state index contributed by atoms with van der Waals surface area (Å²) in [4.78, 5) is 4.29. The summed E-state index contributed by atoms with van der Waals surface area (Å²) in [6.45, 7) is 0. The number of ether oxygens (including phenoxy) is 1. The van der Waals surface area contributed by atoms with Crippen LogP contribution in [0.1, 0.15) is 25.7 Å². The van der Waals surface area contributed by atoms with E-state index in [0.717, 1.165) is 25.7 Å². The number of rotatable bonds is 4. The summed E-state index contributed by atoms with van der Waals surface area (Å²) in [6, 6.07) is 10.0. The Kier molecular flexibility index (Phi) is 4.84. The van der Waals surface area contributed by atoms with E-state index in [1.165, 1.54) is 18.2 Å². The molecule has 2 aromatic heterocycles. The second-order valence-electron chi connectivity index (χ2n) is 6.96. The Morgan fingerprint density at radius 2 is 1.89 bits per heavy atom. The number of halogens is 3. The number of nitrogens with zero attached hydrogens (tertiary/aromatic N) is 3. The van der Waals surface area contributed by atoms with E-state index in [2.05, 4.69) is 20.1 Å². The lowest BCUT2D eigenvalue weighted by Crippen LogP contribution is -2.33. The number of hydrogen-bond acceptors (Lipinski definition) is 5. The van der Waals surface area contributed by atoms with E-state index in [4.69, 9.17) is 5.73 Å². The lowest BCUT2D eigenvalue weighted by molar-refractivity contribution is -0.274. The number of nitrogens with one attached hydrogen (secondary N) is 1. The van der Waals surface area contributed by atoms with Crippen molar-refractivity contribution in [1.29, 1.82) is 0 Å². The van der Waals surface area contributed by atoms with Gasteiger partial charge in [0.05, 0.1) is 11.9 Å². The average molecular weight is 391 g/mol. The molecule has 4 rings (SSSR count). The third kappa shape index (κ3) is 4.19. The lowest BCUT2D eigenvalue weighted by Gasteiger charge is -2.27. The molecule has 0 saturated heterocycles. The largest absolute Gasteiger partial charge is 0.573 e. The monoisotopic (exact) mass is 391 g/mol. The van der Waals surface area contributed by atoms with Gasteiger partial charge in [0.2, 0.25) is 0 Å². The highest BCUT2D eigenvalue weighted by atomic mass is 19.4. The number of aromatic nitrogens is 3. The molecule has 9 heteroatoms. The smallest absolute Gasteiger partial charge is 0.406 e. The molecule has 0 unspecified atom stereocenters. The molecular formula is C19H20F3N5O. The van der Waals surface area contributed by atoms with Gasteiger partial charge in [0.1, 0.15) is 11.6 Å². The maximum Gasteiger partial charge on any atom is 0.573 e. The SMILES string of the molecule is NC1CCC(Nc2ccc3ncc(-c4cccc(OC(F)(F)F)c4)n3n2)CC1. The standard InChI is InChI=1S/C19H20F3N5O/c20-19(21,22)28-15-3-1-2-12(10-15)16-11-24-18-9-8-17(26-27(16)18)25-14-6-4-13(23)5-7-14/h1-3,8-11,13-14H,4-7,23H2,(H,25,26). The van der Waals surface area contributed by atoms with Crippen molar-refractivity contribution < 1.29 is 17.9 Å². The predicted octanol–water partition coefficient (Wildman–Crippen LogP) is 3.98. The van der Waals surface area contributed by atoms with Gasteiger partial charge in [0.15, 0.2) is 5.65 Å². The zero-order valence-electron chi connectivity index (χ0n) is 15.0. The first-order chi connectivity index (χ1) is 13.4. The molecule has 1 aromatic carbocycles. The zero-order valence-corrected chi connectivity index (χ0v) is 15.0. The fraction of sp³-hybridized carbons (Fsp3) is 0.368. The van der Waals surface area contributed by atoms with Crippen molar-refractivity contribution in [1.82, 2.24) is 14.6 Å². The highest BCUT2D eigenvalue weighted by molar-refractivity contribution is 5.65. The summed E-state index contributed by atoms with van der Waals surface area (Å²) in [5.74, 6) is 0.405. The summed E-state index contributed by atoms with van der Waals surface area (Å²) >= 11 is 0. The van der Waals surface area contributed by atoms with Gasteiger partial charge in [0.25, 0.3) is 0 Å². The highest BCUT2D eigenvalue weighted by Gasteiger charge is 2.31. The van der Waals surface area contributed by atoms with E-state index in [0.29, 0.717) is 28.8 Å². The van der Waals surface area contributed by atoms with E-state index in [1.807, 2.05) is 12.1 Å². The molecule has 3 aromatic rings. The number of anilines is 1. The van der Waals surface area contributed by atoms with Crippen LogP contribution in [0, 0.1) is 0 Å². The Morgan fingerprint density at radius 3 is 2.64 bits per heavy atom. The number of alkyl halides is 3. The molecule has 1 aliphatic carbocycles. The van der Waals surface area contributed by atoms with Crippen molar-refractivity contribution >= 4 is 11.5 Å². The fourth-order valence-electron chi connectivity index (χ4n) is 3.47. The zero-order chi connectivity index (χ0) is 19.7. The van der Waals surface area contributed by atoms with Crippen molar-refractivity contribution in [2.24, 2.45) is 5.73 Å². The molecule has 0 spiro atoms. The summed E-state index contributed by atoms with van der Waals surface area (Å²) in [5.41, 5.74) is 7.66. The molecule has 2 heterocycles. The molecule has 0 amide bonds.